The summed E-state index contributed by atoms with van der Waals surface area (Å²) in [5.41, 5.74) is 0. The van der Waals surface area contributed by atoms with E-state index >= 15 is 0 Å². The van der Waals surface area contributed by atoms with E-state index in [4.69, 9.17) is 11.6 Å². The van der Waals surface area contributed by atoms with E-state index in [9.17, 15) is 13.5 Å². The minimum atomic E-state index is -3.61. The Morgan fingerprint density at radius 2 is 1.90 bits per heavy atom. The van der Waals surface area contributed by atoms with Crippen molar-refractivity contribution in [2.45, 2.75) is 49.8 Å². The van der Waals surface area contributed by atoms with Crippen LogP contribution in [0.25, 0.3) is 0 Å². The second kappa shape index (κ2) is 8.34. The number of nitrogens with one attached hydrogen (secondary N) is 1. The summed E-state index contributed by atoms with van der Waals surface area (Å²) in [6.45, 7) is 3.93. The van der Waals surface area contributed by atoms with Crippen LogP contribution in [0.15, 0.2) is 16.3 Å². The van der Waals surface area contributed by atoms with Crippen LogP contribution in [-0.4, -0.2) is 26.2 Å². The number of sulfonamides is 1. The third-order valence-corrected chi connectivity index (χ3v) is 6.42. The average molecular weight is 340 g/mol. The Bertz CT molecular complexity index is 495. The standard InChI is InChI=1S/C13H22ClNO3S2/c1-3-5-10(6-4-2)11(9-16)15-20(17,18)13-8-7-12(14)19-13/h7-8,10-11,15-16H,3-6,9H2,1-2H3/t11-/m0/s1. The van der Waals surface area contributed by atoms with Crippen molar-refractivity contribution in [2.24, 2.45) is 5.92 Å². The van der Waals surface area contributed by atoms with Gasteiger partial charge in [-0.2, -0.15) is 0 Å². The predicted molar refractivity (Wildman–Crippen MR) is 83.8 cm³/mol. The summed E-state index contributed by atoms with van der Waals surface area (Å²) in [7, 11) is -3.61. The normalized spacial score (nSPS) is 13.8. The number of hydrogen-bond acceptors (Lipinski definition) is 4. The smallest absolute Gasteiger partial charge is 0.250 e. The zero-order valence-corrected chi connectivity index (χ0v) is 14.2. The molecule has 116 valence electrons. The van der Waals surface area contributed by atoms with E-state index in [0.717, 1.165) is 37.0 Å². The number of aliphatic hydroxyl groups excluding tert-OH is 1. The Kier molecular flexibility index (Phi) is 7.47. The van der Waals surface area contributed by atoms with Gasteiger partial charge in [-0.1, -0.05) is 38.3 Å². The molecule has 0 aliphatic heterocycles. The lowest BCUT2D eigenvalue weighted by molar-refractivity contribution is 0.202. The molecular formula is C13H22ClNO3S2. The molecule has 2 N–H and O–H groups in total. The first-order valence-corrected chi connectivity index (χ1v) is 9.50. The van der Waals surface area contributed by atoms with Crippen molar-refractivity contribution in [3.8, 4) is 0 Å². The Labute approximate surface area is 130 Å². The third kappa shape index (κ3) is 5.00. The Morgan fingerprint density at radius 1 is 1.30 bits per heavy atom. The van der Waals surface area contributed by atoms with Crippen molar-refractivity contribution in [3.63, 3.8) is 0 Å². The molecule has 1 aromatic rings. The molecular weight excluding hydrogens is 318 g/mol. The molecule has 0 spiro atoms. The molecule has 20 heavy (non-hydrogen) atoms. The summed E-state index contributed by atoms with van der Waals surface area (Å²) in [4.78, 5) is 0. The number of aliphatic hydroxyl groups is 1. The molecule has 1 aromatic heterocycles. The van der Waals surface area contributed by atoms with Gasteiger partial charge in [0.1, 0.15) is 4.21 Å². The van der Waals surface area contributed by atoms with Crippen molar-refractivity contribution >= 4 is 33.0 Å². The van der Waals surface area contributed by atoms with E-state index in [-0.39, 0.29) is 16.7 Å². The molecule has 1 heterocycles. The van der Waals surface area contributed by atoms with Crippen molar-refractivity contribution in [1.82, 2.24) is 4.72 Å². The molecule has 4 nitrogen and oxygen atoms in total. The minimum absolute atomic E-state index is 0.153. The van der Waals surface area contributed by atoms with Gasteiger partial charge in [0.25, 0.3) is 0 Å². The van der Waals surface area contributed by atoms with Crippen LogP contribution in [0.2, 0.25) is 4.34 Å². The average Bonchev–Trinajstić information content (AvgIpc) is 2.83. The Hall–Kier alpha value is -0.140. The van der Waals surface area contributed by atoms with E-state index in [0.29, 0.717) is 4.34 Å². The van der Waals surface area contributed by atoms with Crippen LogP contribution in [0.5, 0.6) is 0 Å². The number of halogens is 1. The van der Waals surface area contributed by atoms with Crippen LogP contribution in [-0.2, 0) is 10.0 Å². The molecule has 0 aliphatic carbocycles. The van der Waals surface area contributed by atoms with E-state index in [1.165, 1.54) is 6.07 Å². The molecule has 0 saturated carbocycles. The summed E-state index contributed by atoms with van der Waals surface area (Å²) >= 11 is 6.79. The lowest BCUT2D eigenvalue weighted by atomic mass is 9.91. The van der Waals surface area contributed by atoms with Gasteiger partial charge in [0.2, 0.25) is 10.0 Å². The number of thiophene rings is 1. The van der Waals surface area contributed by atoms with E-state index in [1.807, 2.05) is 0 Å². The highest BCUT2D eigenvalue weighted by Gasteiger charge is 2.26. The van der Waals surface area contributed by atoms with Crippen molar-refractivity contribution in [3.05, 3.63) is 16.5 Å². The van der Waals surface area contributed by atoms with Crippen LogP contribution < -0.4 is 4.72 Å². The van der Waals surface area contributed by atoms with Crippen molar-refractivity contribution in [1.29, 1.82) is 0 Å². The van der Waals surface area contributed by atoms with E-state index < -0.39 is 16.1 Å². The molecule has 0 aliphatic rings. The molecule has 7 heteroatoms. The Balaban J connectivity index is 2.85. The van der Waals surface area contributed by atoms with Gasteiger partial charge >= 0.3 is 0 Å². The molecule has 0 radical (unpaired) electrons. The maximum Gasteiger partial charge on any atom is 0.250 e. The SMILES string of the molecule is CCCC(CCC)[C@H](CO)NS(=O)(=O)c1ccc(Cl)s1. The van der Waals surface area contributed by atoms with Crippen LogP contribution in [0.1, 0.15) is 39.5 Å². The van der Waals surface area contributed by atoms with Crippen LogP contribution >= 0.6 is 22.9 Å². The van der Waals surface area contributed by atoms with Crippen LogP contribution in [0.4, 0.5) is 0 Å². The first-order chi connectivity index (χ1) is 9.44. The zero-order chi connectivity index (χ0) is 15.2. The highest BCUT2D eigenvalue weighted by atomic mass is 35.5. The molecule has 1 atom stereocenters. The molecule has 0 aromatic carbocycles. The molecule has 1 rings (SSSR count). The lowest BCUT2D eigenvalue weighted by Gasteiger charge is -2.25. The van der Waals surface area contributed by atoms with Crippen LogP contribution in [0.3, 0.4) is 0 Å². The monoisotopic (exact) mass is 339 g/mol. The maximum absolute atomic E-state index is 12.3. The summed E-state index contributed by atoms with van der Waals surface area (Å²) in [6, 6.07) is 2.60. The lowest BCUT2D eigenvalue weighted by Crippen LogP contribution is -2.42. The zero-order valence-electron chi connectivity index (χ0n) is 11.8. The van der Waals surface area contributed by atoms with Gasteiger partial charge in [-0.25, -0.2) is 13.1 Å². The van der Waals surface area contributed by atoms with E-state index in [2.05, 4.69) is 18.6 Å². The minimum Gasteiger partial charge on any atom is -0.395 e. The second-order valence-electron chi connectivity index (χ2n) is 4.81. The van der Waals surface area contributed by atoms with Crippen molar-refractivity contribution in [2.75, 3.05) is 6.61 Å². The van der Waals surface area contributed by atoms with Gasteiger partial charge in [-0.3, -0.25) is 0 Å². The molecule has 0 saturated heterocycles. The van der Waals surface area contributed by atoms with Gasteiger partial charge in [0, 0.05) is 6.04 Å². The fraction of sp³-hybridized carbons (Fsp3) is 0.692. The molecule has 0 fully saturated rings. The molecule has 0 amide bonds. The summed E-state index contributed by atoms with van der Waals surface area (Å²) in [6.07, 6.45) is 3.72. The number of hydrogen-bond donors (Lipinski definition) is 2. The maximum atomic E-state index is 12.3. The highest BCUT2D eigenvalue weighted by Crippen LogP contribution is 2.26. The summed E-state index contributed by atoms with van der Waals surface area (Å²) in [5, 5.41) is 9.52. The fourth-order valence-corrected chi connectivity index (χ4v) is 5.07. The van der Waals surface area contributed by atoms with E-state index in [1.54, 1.807) is 6.07 Å². The predicted octanol–water partition coefficient (Wildman–Crippen LogP) is 3.26. The van der Waals surface area contributed by atoms with Gasteiger partial charge in [-0.15, -0.1) is 11.3 Å². The van der Waals surface area contributed by atoms with Gasteiger partial charge in [0.05, 0.1) is 10.9 Å². The van der Waals surface area contributed by atoms with Gasteiger partial charge in [-0.05, 0) is 30.9 Å². The first-order valence-electron chi connectivity index (χ1n) is 6.83. The summed E-state index contributed by atoms with van der Waals surface area (Å²) in [5.74, 6) is 0.153. The van der Waals surface area contributed by atoms with Crippen LogP contribution in [0, 0.1) is 5.92 Å². The summed E-state index contributed by atoms with van der Waals surface area (Å²) < 4.78 is 27.8. The van der Waals surface area contributed by atoms with Gasteiger partial charge in [0.15, 0.2) is 0 Å². The third-order valence-electron chi connectivity index (χ3n) is 3.20. The first kappa shape index (κ1) is 17.9. The quantitative estimate of drug-likeness (QED) is 0.725. The highest BCUT2D eigenvalue weighted by molar-refractivity contribution is 7.91. The fourth-order valence-electron chi connectivity index (χ4n) is 2.27. The topological polar surface area (TPSA) is 66.4 Å². The molecule has 0 unspecified atom stereocenters. The largest absolute Gasteiger partial charge is 0.395 e. The molecule has 0 bridgehead atoms. The van der Waals surface area contributed by atoms with Crippen molar-refractivity contribution < 1.29 is 13.5 Å². The number of rotatable bonds is 9. The van der Waals surface area contributed by atoms with Gasteiger partial charge < -0.3 is 5.11 Å². The second-order valence-corrected chi connectivity index (χ2v) is 8.46. The Morgan fingerprint density at radius 3 is 2.30 bits per heavy atom.